The highest BCUT2D eigenvalue weighted by Crippen LogP contribution is 2.19. The van der Waals surface area contributed by atoms with Gasteiger partial charge < -0.3 is 20.1 Å². The monoisotopic (exact) mass is 342 g/mol. The molecule has 0 aliphatic carbocycles. The number of nitrogens with two attached hydrogens (primary N) is 1. The number of morpholine rings is 1. The molecule has 0 bridgehead atoms. The highest BCUT2D eigenvalue weighted by Gasteiger charge is 2.25. The fourth-order valence-electron chi connectivity index (χ4n) is 2.81. The minimum Gasteiger partial charge on any atom is -0.385 e. The molecule has 1 aromatic carbocycles. The van der Waals surface area contributed by atoms with E-state index in [-0.39, 0.29) is 12.0 Å². The van der Waals surface area contributed by atoms with Crippen LogP contribution < -0.4 is 5.73 Å². The Bertz CT molecular complexity index is 738. The van der Waals surface area contributed by atoms with Crippen LogP contribution in [0, 0.1) is 0 Å². The second-order valence-corrected chi connectivity index (χ2v) is 5.91. The fourth-order valence-corrected chi connectivity index (χ4v) is 2.81. The molecule has 25 heavy (non-hydrogen) atoms. The van der Waals surface area contributed by atoms with Gasteiger partial charge in [0.1, 0.15) is 5.82 Å². The second-order valence-electron chi connectivity index (χ2n) is 5.91. The largest absolute Gasteiger partial charge is 0.385 e. The van der Waals surface area contributed by atoms with Gasteiger partial charge in [0.05, 0.1) is 12.7 Å². The van der Waals surface area contributed by atoms with Crippen molar-refractivity contribution in [3.05, 3.63) is 42.1 Å². The minimum atomic E-state index is -0.0172. The number of aromatic nitrogens is 2. The minimum absolute atomic E-state index is 0.0121. The van der Waals surface area contributed by atoms with Gasteiger partial charge in [0.2, 0.25) is 0 Å². The van der Waals surface area contributed by atoms with Crippen LogP contribution in [0.25, 0.3) is 11.4 Å². The number of methoxy groups -OCH3 is 1. The Balaban J connectivity index is 1.75. The first-order valence-corrected chi connectivity index (χ1v) is 8.26. The van der Waals surface area contributed by atoms with Crippen molar-refractivity contribution in [3.8, 4) is 11.4 Å². The Morgan fingerprint density at radius 1 is 1.44 bits per heavy atom. The molecule has 7 heteroatoms. The third-order valence-electron chi connectivity index (χ3n) is 4.11. The number of hydrogen-bond donors (Lipinski definition) is 1. The molecule has 0 saturated carbocycles. The van der Waals surface area contributed by atoms with E-state index in [0.717, 1.165) is 12.0 Å². The molecule has 7 nitrogen and oxygen atoms in total. The summed E-state index contributed by atoms with van der Waals surface area (Å²) in [6, 6.07) is 8.94. The molecule has 1 saturated heterocycles. The molecule has 1 aliphatic rings. The first kappa shape index (κ1) is 17.3. The van der Waals surface area contributed by atoms with Crippen LogP contribution in [-0.2, 0) is 9.47 Å². The predicted octanol–water partition coefficient (Wildman–Crippen LogP) is 1.60. The zero-order chi connectivity index (χ0) is 17.6. The average Bonchev–Trinajstić information content (AvgIpc) is 2.66. The summed E-state index contributed by atoms with van der Waals surface area (Å²) in [5.74, 6) is 0.891. The van der Waals surface area contributed by atoms with Crippen molar-refractivity contribution in [2.24, 2.45) is 0 Å². The quantitative estimate of drug-likeness (QED) is 0.888. The predicted molar refractivity (Wildman–Crippen MR) is 94.0 cm³/mol. The first-order valence-electron chi connectivity index (χ1n) is 8.26. The molecule has 3 rings (SSSR count). The van der Waals surface area contributed by atoms with Gasteiger partial charge in [0.25, 0.3) is 5.91 Å². The van der Waals surface area contributed by atoms with Crippen molar-refractivity contribution in [3.63, 3.8) is 0 Å². The Morgan fingerprint density at radius 3 is 3.12 bits per heavy atom. The molecule has 1 aromatic heterocycles. The van der Waals surface area contributed by atoms with Gasteiger partial charge in [-0.1, -0.05) is 12.1 Å². The number of hydrogen-bond acceptors (Lipinski definition) is 6. The van der Waals surface area contributed by atoms with Crippen LogP contribution in [0.2, 0.25) is 0 Å². The van der Waals surface area contributed by atoms with E-state index < -0.39 is 0 Å². The Labute approximate surface area is 146 Å². The maximum absolute atomic E-state index is 12.8. The van der Waals surface area contributed by atoms with Gasteiger partial charge in [-0.15, -0.1) is 0 Å². The summed E-state index contributed by atoms with van der Waals surface area (Å²) in [5.41, 5.74) is 7.09. The smallest absolute Gasteiger partial charge is 0.254 e. The lowest BCUT2D eigenvalue weighted by Crippen LogP contribution is -2.45. The molecule has 0 spiro atoms. The van der Waals surface area contributed by atoms with Gasteiger partial charge in [-0.05, 0) is 24.6 Å². The normalized spacial score (nSPS) is 17.5. The third kappa shape index (κ3) is 4.32. The van der Waals surface area contributed by atoms with E-state index >= 15 is 0 Å². The van der Waals surface area contributed by atoms with Crippen LogP contribution in [0.1, 0.15) is 16.8 Å². The number of ether oxygens (including phenoxy) is 2. The molecule has 1 unspecified atom stereocenters. The Hall–Kier alpha value is -2.51. The summed E-state index contributed by atoms with van der Waals surface area (Å²) in [6.07, 6.45) is 2.39. The molecular formula is C18H22N4O3. The lowest BCUT2D eigenvalue weighted by molar-refractivity contribution is -0.0332. The van der Waals surface area contributed by atoms with Gasteiger partial charge in [-0.25, -0.2) is 9.97 Å². The second kappa shape index (κ2) is 8.04. The van der Waals surface area contributed by atoms with E-state index in [0.29, 0.717) is 43.5 Å². The highest BCUT2D eigenvalue weighted by molar-refractivity contribution is 5.95. The molecule has 2 heterocycles. The van der Waals surface area contributed by atoms with E-state index in [4.69, 9.17) is 15.2 Å². The van der Waals surface area contributed by atoms with Crippen molar-refractivity contribution in [2.45, 2.75) is 12.5 Å². The van der Waals surface area contributed by atoms with Crippen molar-refractivity contribution in [2.75, 3.05) is 39.1 Å². The summed E-state index contributed by atoms with van der Waals surface area (Å²) in [4.78, 5) is 23.1. The van der Waals surface area contributed by atoms with Gasteiger partial charge in [-0.3, -0.25) is 4.79 Å². The number of anilines is 1. The lowest BCUT2D eigenvalue weighted by atomic mass is 10.1. The molecular weight excluding hydrogens is 320 g/mol. The van der Waals surface area contributed by atoms with Crippen molar-refractivity contribution < 1.29 is 14.3 Å². The summed E-state index contributed by atoms with van der Waals surface area (Å²) < 4.78 is 10.8. The topological polar surface area (TPSA) is 90.6 Å². The molecule has 1 amide bonds. The lowest BCUT2D eigenvalue weighted by Gasteiger charge is -2.33. The molecule has 2 N–H and O–H groups in total. The molecule has 2 aromatic rings. The van der Waals surface area contributed by atoms with Gasteiger partial charge in [-0.2, -0.15) is 0 Å². The maximum Gasteiger partial charge on any atom is 0.254 e. The van der Waals surface area contributed by atoms with Crippen LogP contribution in [-0.4, -0.2) is 60.3 Å². The summed E-state index contributed by atoms with van der Waals surface area (Å²) in [5, 5.41) is 0. The number of nitrogens with zero attached hydrogens (tertiary/aromatic N) is 3. The standard InChI is InChI=1S/C18H22N4O3/c1-24-9-6-15-12-22(8-10-25-15)18(23)14-4-2-3-13(11-14)17-20-7-5-16(19)21-17/h2-5,7,11,15H,6,8-10,12H2,1H3,(H2,19,20,21). The van der Waals surface area contributed by atoms with Crippen molar-refractivity contribution >= 4 is 11.7 Å². The van der Waals surface area contributed by atoms with E-state index in [1.54, 1.807) is 31.5 Å². The van der Waals surface area contributed by atoms with Crippen molar-refractivity contribution in [1.82, 2.24) is 14.9 Å². The van der Waals surface area contributed by atoms with Crippen LogP contribution in [0.3, 0.4) is 0 Å². The summed E-state index contributed by atoms with van der Waals surface area (Å²) in [6.45, 7) is 2.32. The SMILES string of the molecule is COCCC1CN(C(=O)c2cccc(-c3nccc(N)n3)c2)CCO1. The Morgan fingerprint density at radius 2 is 2.32 bits per heavy atom. The zero-order valence-electron chi connectivity index (χ0n) is 14.2. The van der Waals surface area contributed by atoms with Gasteiger partial charge in [0, 0.05) is 44.1 Å². The van der Waals surface area contributed by atoms with Crippen LogP contribution >= 0.6 is 0 Å². The number of rotatable bonds is 5. The summed E-state index contributed by atoms with van der Waals surface area (Å²) >= 11 is 0. The van der Waals surface area contributed by atoms with E-state index in [9.17, 15) is 4.79 Å². The molecule has 0 radical (unpaired) electrons. The molecule has 132 valence electrons. The van der Waals surface area contributed by atoms with E-state index in [1.807, 2.05) is 17.0 Å². The van der Waals surface area contributed by atoms with Crippen LogP contribution in [0.5, 0.6) is 0 Å². The van der Waals surface area contributed by atoms with Crippen LogP contribution in [0.4, 0.5) is 5.82 Å². The van der Waals surface area contributed by atoms with Crippen LogP contribution in [0.15, 0.2) is 36.5 Å². The average molecular weight is 342 g/mol. The molecule has 1 fully saturated rings. The first-order chi connectivity index (χ1) is 12.2. The van der Waals surface area contributed by atoms with E-state index in [1.165, 1.54) is 0 Å². The number of nitrogen functional groups attached to an aromatic ring is 1. The maximum atomic E-state index is 12.8. The zero-order valence-corrected chi connectivity index (χ0v) is 14.2. The van der Waals surface area contributed by atoms with Gasteiger partial charge in [0.15, 0.2) is 5.82 Å². The molecule has 1 aliphatic heterocycles. The van der Waals surface area contributed by atoms with Crippen molar-refractivity contribution in [1.29, 1.82) is 0 Å². The number of carbonyl (C=O) groups is 1. The number of benzene rings is 1. The molecule has 1 atom stereocenters. The summed E-state index contributed by atoms with van der Waals surface area (Å²) in [7, 11) is 1.66. The highest BCUT2D eigenvalue weighted by atomic mass is 16.5. The number of carbonyl (C=O) groups excluding carboxylic acids is 1. The van der Waals surface area contributed by atoms with E-state index in [2.05, 4.69) is 9.97 Å². The fraction of sp³-hybridized carbons (Fsp3) is 0.389. The number of amides is 1. The third-order valence-corrected chi connectivity index (χ3v) is 4.11. The Kier molecular flexibility index (Phi) is 5.57. The van der Waals surface area contributed by atoms with Gasteiger partial charge >= 0.3 is 0 Å².